The largest absolute Gasteiger partial charge is 0.361 e. The van der Waals surface area contributed by atoms with Crippen molar-refractivity contribution in [1.29, 1.82) is 0 Å². The molecule has 1 aromatic heterocycles. The van der Waals surface area contributed by atoms with Gasteiger partial charge in [-0.3, -0.25) is 4.79 Å². The zero-order valence-electron chi connectivity index (χ0n) is 9.24. The number of halogens is 1. The van der Waals surface area contributed by atoms with Gasteiger partial charge >= 0.3 is 0 Å². The van der Waals surface area contributed by atoms with Crippen molar-refractivity contribution in [3.8, 4) is 0 Å². The van der Waals surface area contributed by atoms with E-state index in [-0.39, 0.29) is 12.1 Å². The minimum Gasteiger partial charge on any atom is -0.361 e. The Morgan fingerprint density at radius 2 is 2.24 bits per heavy atom. The van der Waals surface area contributed by atoms with Gasteiger partial charge in [-0.25, -0.2) is 4.39 Å². The van der Waals surface area contributed by atoms with Crippen LogP contribution in [-0.4, -0.2) is 11.1 Å². The number of carbonyl (C=O) groups excluding carboxylic acids is 1. The van der Waals surface area contributed by atoms with Crippen molar-refractivity contribution in [2.24, 2.45) is 0 Å². The Balaban J connectivity index is 2.01. The summed E-state index contributed by atoms with van der Waals surface area (Å²) >= 11 is 0. The first kappa shape index (κ1) is 11.3. The Morgan fingerprint density at radius 1 is 1.47 bits per heavy atom. The van der Waals surface area contributed by atoms with Crippen molar-refractivity contribution in [2.75, 3.05) is 0 Å². The van der Waals surface area contributed by atoms with Crippen molar-refractivity contribution in [3.63, 3.8) is 0 Å². The van der Waals surface area contributed by atoms with Crippen molar-refractivity contribution in [1.82, 2.24) is 10.5 Å². The molecule has 1 N–H and O–H groups in total. The van der Waals surface area contributed by atoms with Crippen molar-refractivity contribution >= 4 is 5.91 Å². The minimum atomic E-state index is -0.540. The number of hydrogen-bond acceptors (Lipinski definition) is 3. The van der Waals surface area contributed by atoms with E-state index in [0.717, 1.165) is 0 Å². The molecule has 0 bridgehead atoms. The van der Waals surface area contributed by atoms with Crippen LogP contribution in [0.25, 0.3) is 0 Å². The molecule has 0 radical (unpaired) electrons. The topological polar surface area (TPSA) is 55.1 Å². The first-order chi connectivity index (χ1) is 8.16. The van der Waals surface area contributed by atoms with Gasteiger partial charge in [-0.05, 0) is 19.1 Å². The number of benzene rings is 1. The van der Waals surface area contributed by atoms with Crippen LogP contribution in [0.15, 0.2) is 34.9 Å². The summed E-state index contributed by atoms with van der Waals surface area (Å²) in [6, 6.07) is 7.53. The van der Waals surface area contributed by atoms with E-state index in [1.54, 1.807) is 19.1 Å². The van der Waals surface area contributed by atoms with E-state index in [9.17, 15) is 9.18 Å². The second-order valence-electron chi connectivity index (χ2n) is 3.59. The van der Waals surface area contributed by atoms with Crippen LogP contribution in [0, 0.1) is 12.7 Å². The molecule has 0 saturated heterocycles. The number of rotatable bonds is 3. The van der Waals surface area contributed by atoms with Gasteiger partial charge in [0.2, 0.25) is 0 Å². The highest BCUT2D eigenvalue weighted by Gasteiger charge is 2.10. The summed E-state index contributed by atoms with van der Waals surface area (Å²) in [5.74, 6) is -0.342. The molecule has 1 aromatic carbocycles. The lowest BCUT2D eigenvalue weighted by Gasteiger charge is -2.03. The molecule has 0 fully saturated rings. The lowest BCUT2D eigenvalue weighted by molar-refractivity contribution is 0.0946. The molecular formula is C12H11FN2O2. The van der Waals surface area contributed by atoms with Crippen molar-refractivity contribution in [3.05, 3.63) is 53.2 Å². The summed E-state index contributed by atoms with van der Waals surface area (Å²) in [6.45, 7) is 1.97. The quantitative estimate of drug-likeness (QED) is 0.884. The number of amides is 1. The molecular weight excluding hydrogens is 223 g/mol. The number of aryl methyl sites for hydroxylation is 1. The normalized spacial score (nSPS) is 10.2. The first-order valence-electron chi connectivity index (χ1n) is 5.12. The van der Waals surface area contributed by atoms with Gasteiger partial charge in [-0.1, -0.05) is 17.3 Å². The predicted octanol–water partition coefficient (Wildman–Crippen LogP) is 2.05. The van der Waals surface area contributed by atoms with Crippen LogP contribution in [0.5, 0.6) is 0 Å². The third-order valence-corrected chi connectivity index (χ3v) is 2.23. The number of carbonyl (C=O) groups is 1. The molecule has 4 nitrogen and oxygen atoms in total. The zero-order valence-corrected chi connectivity index (χ0v) is 9.24. The maximum atomic E-state index is 13.3. The van der Waals surface area contributed by atoms with Gasteiger partial charge in [0.15, 0.2) is 0 Å². The SMILES string of the molecule is Cc1cc(CNC(=O)c2ccccc2F)no1. The first-order valence-corrected chi connectivity index (χ1v) is 5.12. The van der Waals surface area contributed by atoms with Crippen LogP contribution in [0.2, 0.25) is 0 Å². The summed E-state index contributed by atoms with van der Waals surface area (Å²) in [5.41, 5.74) is 0.625. The molecule has 0 saturated carbocycles. The highest BCUT2D eigenvalue weighted by Crippen LogP contribution is 2.06. The fourth-order valence-electron chi connectivity index (χ4n) is 1.41. The molecule has 0 unspecified atom stereocenters. The number of aromatic nitrogens is 1. The summed E-state index contributed by atoms with van der Waals surface area (Å²) in [4.78, 5) is 11.6. The second-order valence-corrected chi connectivity index (χ2v) is 3.59. The van der Waals surface area contributed by atoms with E-state index < -0.39 is 11.7 Å². The molecule has 1 amide bonds. The third kappa shape index (κ3) is 2.69. The summed E-state index contributed by atoms with van der Waals surface area (Å²) in [7, 11) is 0. The Hall–Kier alpha value is -2.17. The van der Waals surface area contributed by atoms with E-state index in [2.05, 4.69) is 10.5 Å². The third-order valence-electron chi connectivity index (χ3n) is 2.23. The average molecular weight is 234 g/mol. The molecule has 5 heteroatoms. The van der Waals surface area contributed by atoms with E-state index in [1.165, 1.54) is 18.2 Å². The molecule has 0 spiro atoms. The van der Waals surface area contributed by atoms with E-state index in [4.69, 9.17) is 4.52 Å². The van der Waals surface area contributed by atoms with Crippen LogP contribution in [0.3, 0.4) is 0 Å². The minimum absolute atomic E-state index is 0.0210. The number of nitrogens with one attached hydrogen (secondary N) is 1. The summed E-state index contributed by atoms with van der Waals surface area (Å²) in [5, 5.41) is 6.29. The monoisotopic (exact) mass is 234 g/mol. The summed E-state index contributed by atoms with van der Waals surface area (Å²) < 4.78 is 18.1. The van der Waals surface area contributed by atoms with Crippen LogP contribution in [0.1, 0.15) is 21.8 Å². The Morgan fingerprint density at radius 3 is 2.88 bits per heavy atom. The fraction of sp³-hybridized carbons (Fsp3) is 0.167. The number of hydrogen-bond donors (Lipinski definition) is 1. The van der Waals surface area contributed by atoms with E-state index in [1.807, 2.05) is 0 Å². The maximum absolute atomic E-state index is 13.3. The molecule has 17 heavy (non-hydrogen) atoms. The standard InChI is InChI=1S/C12H11FN2O2/c1-8-6-9(15-17-8)7-14-12(16)10-4-2-3-5-11(10)13/h2-6H,7H2,1H3,(H,14,16). The Kier molecular flexibility index (Phi) is 3.18. The van der Waals surface area contributed by atoms with Gasteiger partial charge in [0.05, 0.1) is 12.1 Å². The molecule has 0 aliphatic rings. The van der Waals surface area contributed by atoms with Gasteiger partial charge in [0.1, 0.15) is 17.3 Å². The van der Waals surface area contributed by atoms with Gasteiger partial charge in [-0.15, -0.1) is 0 Å². The fourth-order valence-corrected chi connectivity index (χ4v) is 1.41. The Bertz CT molecular complexity index is 537. The molecule has 1 heterocycles. The van der Waals surface area contributed by atoms with Crippen LogP contribution < -0.4 is 5.32 Å². The van der Waals surface area contributed by atoms with Crippen LogP contribution in [0.4, 0.5) is 4.39 Å². The molecule has 0 aliphatic heterocycles. The maximum Gasteiger partial charge on any atom is 0.254 e. The summed E-state index contributed by atoms with van der Waals surface area (Å²) in [6.07, 6.45) is 0. The highest BCUT2D eigenvalue weighted by molar-refractivity contribution is 5.94. The molecule has 2 aromatic rings. The van der Waals surface area contributed by atoms with Crippen molar-refractivity contribution < 1.29 is 13.7 Å². The lowest BCUT2D eigenvalue weighted by atomic mass is 10.2. The predicted molar refractivity (Wildman–Crippen MR) is 58.8 cm³/mol. The molecule has 88 valence electrons. The average Bonchev–Trinajstić information content (AvgIpc) is 2.73. The van der Waals surface area contributed by atoms with Gasteiger partial charge < -0.3 is 9.84 Å². The second kappa shape index (κ2) is 4.78. The van der Waals surface area contributed by atoms with Gasteiger partial charge in [0, 0.05) is 6.07 Å². The highest BCUT2D eigenvalue weighted by atomic mass is 19.1. The molecule has 2 rings (SSSR count). The van der Waals surface area contributed by atoms with Crippen LogP contribution >= 0.6 is 0 Å². The lowest BCUT2D eigenvalue weighted by Crippen LogP contribution is -2.23. The molecule has 0 atom stereocenters. The van der Waals surface area contributed by atoms with E-state index >= 15 is 0 Å². The number of nitrogens with zero attached hydrogens (tertiary/aromatic N) is 1. The van der Waals surface area contributed by atoms with Crippen molar-refractivity contribution in [2.45, 2.75) is 13.5 Å². The van der Waals surface area contributed by atoms with Crippen LogP contribution in [-0.2, 0) is 6.54 Å². The molecule has 0 aliphatic carbocycles. The smallest absolute Gasteiger partial charge is 0.254 e. The zero-order chi connectivity index (χ0) is 12.3. The van der Waals surface area contributed by atoms with E-state index in [0.29, 0.717) is 11.5 Å². The van der Waals surface area contributed by atoms with Gasteiger partial charge in [-0.2, -0.15) is 0 Å². The Labute approximate surface area is 97.4 Å². The van der Waals surface area contributed by atoms with Gasteiger partial charge in [0.25, 0.3) is 5.91 Å².